The predicted octanol–water partition coefficient (Wildman–Crippen LogP) is 6.53. The van der Waals surface area contributed by atoms with Gasteiger partial charge in [-0.25, -0.2) is 0 Å². The lowest BCUT2D eigenvalue weighted by molar-refractivity contribution is 0.109. The molecule has 2 nitrogen and oxygen atoms in total. The van der Waals surface area contributed by atoms with Crippen LogP contribution in [0.3, 0.4) is 0 Å². The van der Waals surface area contributed by atoms with E-state index in [1.165, 1.54) is 33.3 Å². The lowest BCUT2D eigenvalue weighted by atomic mass is 9.92. The highest BCUT2D eigenvalue weighted by atomic mass is 32.2. The summed E-state index contributed by atoms with van der Waals surface area (Å²) >= 11 is 1.25. The molecule has 3 heteroatoms. The van der Waals surface area contributed by atoms with Crippen molar-refractivity contribution in [2.24, 2.45) is 0 Å². The second-order valence-corrected chi connectivity index (χ2v) is 7.58. The summed E-state index contributed by atoms with van der Waals surface area (Å²) in [5.74, 6) is 0.786. The van der Waals surface area contributed by atoms with Crippen molar-refractivity contribution in [3.8, 4) is 5.75 Å². The molecule has 0 fully saturated rings. The van der Waals surface area contributed by atoms with Crippen LogP contribution in [0, 0.1) is 0 Å². The van der Waals surface area contributed by atoms with Gasteiger partial charge in [-0.3, -0.25) is 4.79 Å². The lowest BCUT2D eigenvalue weighted by Crippen LogP contribution is -1.97. The summed E-state index contributed by atoms with van der Waals surface area (Å²) in [6, 6.07) is 26.3. The van der Waals surface area contributed by atoms with Gasteiger partial charge in [0.1, 0.15) is 5.75 Å². The maximum Gasteiger partial charge on any atom is 0.224 e. The van der Waals surface area contributed by atoms with E-state index in [2.05, 4.69) is 36.4 Å². The Morgan fingerprint density at radius 2 is 1.44 bits per heavy atom. The maximum absolute atomic E-state index is 13.2. The zero-order chi connectivity index (χ0) is 18.4. The zero-order valence-electron chi connectivity index (χ0n) is 14.7. The van der Waals surface area contributed by atoms with Crippen molar-refractivity contribution in [1.82, 2.24) is 0 Å². The molecule has 0 saturated carbocycles. The van der Waals surface area contributed by atoms with Gasteiger partial charge in [0.2, 0.25) is 5.12 Å². The van der Waals surface area contributed by atoms with Crippen molar-refractivity contribution in [2.75, 3.05) is 7.11 Å². The normalized spacial score (nSPS) is 11.4. The van der Waals surface area contributed by atoms with Gasteiger partial charge in [-0.2, -0.15) is 0 Å². The van der Waals surface area contributed by atoms with Gasteiger partial charge >= 0.3 is 0 Å². The third-order valence-electron chi connectivity index (χ3n) is 5.00. The summed E-state index contributed by atoms with van der Waals surface area (Å²) < 4.78 is 5.19. The molecule has 0 amide bonds. The molecule has 5 aromatic rings. The van der Waals surface area contributed by atoms with E-state index in [-0.39, 0.29) is 5.12 Å². The second kappa shape index (κ2) is 6.29. The van der Waals surface area contributed by atoms with Gasteiger partial charge in [-0.05, 0) is 74.4 Å². The number of thioether (sulfide) groups is 1. The van der Waals surface area contributed by atoms with E-state index in [1.807, 2.05) is 42.5 Å². The van der Waals surface area contributed by atoms with Gasteiger partial charge in [0.05, 0.1) is 7.11 Å². The molecule has 0 spiro atoms. The van der Waals surface area contributed by atoms with Crippen molar-refractivity contribution in [2.45, 2.75) is 4.90 Å². The molecule has 0 unspecified atom stereocenters. The Morgan fingerprint density at radius 3 is 2.19 bits per heavy atom. The molecule has 0 aliphatic heterocycles. The molecule has 0 atom stereocenters. The number of benzene rings is 5. The third-order valence-corrected chi connectivity index (χ3v) is 5.91. The van der Waals surface area contributed by atoms with Gasteiger partial charge < -0.3 is 4.74 Å². The van der Waals surface area contributed by atoms with E-state index in [9.17, 15) is 4.79 Å². The minimum absolute atomic E-state index is 0.0548. The Hall–Kier alpha value is -3.04. The molecule has 0 bridgehead atoms. The third kappa shape index (κ3) is 2.63. The van der Waals surface area contributed by atoms with Crippen LogP contribution in [0.15, 0.2) is 83.8 Å². The Balaban J connectivity index is 1.68. The minimum atomic E-state index is 0.0548. The van der Waals surface area contributed by atoms with Gasteiger partial charge in [-0.1, -0.05) is 48.5 Å². The Labute approximate surface area is 161 Å². The molecule has 5 aromatic carbocycles. The number of methoxy groups -OCH3 is 1. The number of ether oxygens (including phenoxy) is 1. The first-order valence-corrected chi connectivity index (χ1v) is 9.59. The first-order chi connectivity index (χ1) is 13.2. The molecule has 130 valence electrons. The Kier molecular flexibility index (Phi) is 3.76. The Bertz CT molecular complexity index is 1290. The standard InChI is InChI=1S/C24H16O2S/c1-26-18-10-12-19(13-11-18)27-24(25)21-14-17-6-2-4-15-8-9-16-5-3-7-20(21)23(16)22(15)17/h2-14H,1H3. The van der Waals surface area contributed by atoms with E-state index < -0.39 is 0 Å². The highest BCUT2D eigenvalue weighted by Crippen LogP contribution is 2.38. The minimum Gasteiger partial charge on any atom is -0.497 e. The largest absolute Gasteiger partial charge is 0.497 e. The summed E-state index contributed by atoms with van der Waals surface area (Å²) in [6.45, 7) is 0. The fraction of sp³-hybridized carbons (Fsp3) is 0.0417. The predicted molar refractivity (Wildman–Crippen MR) is 113 cm³/mol. The fourth-order valence-corrected chi connectivity index (χ4v) is 4.50. The number of hydrogen-bond acceptors (Lipinski definition) is 3. The van der Waals surface area contributed by atoms with E-state index in [0.29, 0.717) is 0 Å². The van der Waals surface area contributed by atoms with Crippen molar-refractivity contribution >= 4 is 49.2 Å². The van der Waals surface area contributed by atoms with Crippen molar-refractivity contribution in [3.05, 3.63) is 84.4 Å². The fourth-order valence-electron chi connectivity index (χ4n) is 3.74. The first-order valence-electron chi connectivity index (χ1n) is 8.77. The van der Waals surface area contributed by atoms with Crippen LogP contribution in [0.25, 0.3) is 32.3 Å². The molecule has 5 rings (SSSR count). The Morgan fingerprint density at radius 1 is 0.778 bits per heavy atom. The van der Waals surface area contributed by atoms with Crippen LogP contribution in [0.4, 0.5) is 0 Å². The average molecular weight is 368 g/mol. The molecule has 0 heterocycles. The topological polar surface area (TPSA) is 26.3 Å². The molecule has 0 aromatic heterocycles. The lowest BCUT2D eigenvalue weighted by Gasteiger charge is -2.14. The van der Waals surface area contributed by atoms with Gasteiger partial charge in [0, 0.05) is 10.5 Å². The number of carbonyl (C=O) groups is 1. The van der Waals surface area contributed by atoms with E-state index >= 15 is 0 Å². The summed E-state index contributed by atoms with van der Waals surface area (Å²) in [7, 11) is 1.64. The van der Waals surface area contributed by atoms with Gasteiger partial charge in [-0.15, -0.1) is 0 Å². The van der Waals surface area contributed by atoms with E-state index in [1.54, 1.807) is 7.11 Å². The van der Waals surface area contributed by atoms with Gasteiger partial charge in [0.25, 0.3) is 0 Å². The average Bonchev–Trinajstić information content (AvgIpc) is 2.72. The highest BCUT2D eigenvalue weighted by Gasteiger charge is 2.17. The molecule has 0 N–H and O–H groups in total. The summed E-state index contributed by atoms with van der Waals surface area (Å²) in [6.07, 6.45) is 0. The van der Waals surface area contributed by atoms with Crippen LogP contribution >= 0.6 is 11.8 Å². The maximum atomic E-state index is 13.2. The SMILES string of the molecule is COc1ccc(SC(=O)c2cc3cccc4ccc5cccc2c5c43)cc1. The second-order valence-electron chi connectivity index (χ2n) is 6.54. The van der Waals surface area contributed by atoms with Crippen LogP contribution in [0.5, 0.6) is 5.75 Å². The molecule has 0 aliphatic carbocycles. The highest BCUT2D eigenvalue weighted by molar-refractivity contribution is 8.14. The monoisotopic (exact) mass is 368 g/mol. The quantitative estimate of drug-likeness (QED) is 0.268. The van der Waals surface area contributed by atoms with Crippen molar-refractivity contribution < 1.29 is 9.53 Å². The smallest absolute Gasteiger partial charge is 0.224 e. The van der Waals surface area contributed by atoms with Crippen molar-refractivity contribution in [1.29, 1.82) is 0 Å². The van der Waals surface area contributed by atoms with E-state index in [4.69, 9.17) is 4.74 Å². The summed E-state index contributed by atoms with van der Waals surface area (Å²) in [4.78, 5) is 14.1. The van der Waals surface area contributed by atoms with Crippen LogP contribution in [-0.4, -0.2) is 12.2 Å². The van der Waals surface area contributed by atoms with Crippen LogP contribution < -0.4 is 4.74 Å². The molecule has 27 heavy (non-hydrogen) atoms. The molecular weight excluding hydrogens is 352 g/mol. The van der Waals surface area contributed by atoms with Gasteiger partial charge in [0.15, 0.2) is 0 Å². The van der Waals surface area contributed by atoms with E-state index in [0.717, 1.165) is 27.0 Å². The molecule has 0 aliphatic rings. The first kappa shape index (κ1) is 16.2. The summed E-state index contributed by atoms with van der Waals surface area (Å²) in [5.41, 5.74) is 0.757. The van der Waals surface area contributed by atoms with Crippen LogP contribution in [0.2, 0.25) is 0 Å². The zero-order valence-corrected chi connectivity index (χ0v) is 15.5. The van der Waals surface area contributed by atoms with Crippen LogP contribution in [0.1, 0.15) is 10.4 Å². The van der Waals surface area contributed by atoms with Crippen LogP contribution in [-0.2, 0) is 0 Å². The number of hydrogen-bond donors (Lipinski definition) is 0. The molecular formula is C24H16O2S. The molecule has 0 saturated heterocycles. The summed E-state index contributed by atoms with van der Waals surface area (Å²) in [5, 5.41) is 6.96. The van der Waals surface area contributed by atoms with Crippen molar-refractivity contribution in [3.63, 3.8) is 0 Å². The molecule has 0 radical (unpaired) electrons. The number of carbonyl (C=O) groups excluding carboxylic acids is 1. The number of rotatable bonds is 3.